The van der Waals surface area contributed by atoms with E-state index in [1.807, 2.05) is 20.8 Å². The number of hydrogen-bond acceptors (Lipinski definition) is 6. The number of aryl methyl sites for hydroxylation is 1. The van der Waals surface area contributed by atoms with E-state index < -0.39 is 6.72 Å². The summed E-state index contributed by atoms with van der Waals surface area (Å²) >= 11 is 5.35. The van der Waals surface area contributed by atoms with Crippen LogP contribution in [0.15, 0.2) is 6.07 Å². The Kier molecular flexibility index (Phi) is 6.07. The minimum Gasteiger partial charge on any atom is -0.406 e. The Hall–Kier alpha value is -0.550. The van der Waals surface area contributed by atoms with Crippen LogP contribution in [0.25, 0.3) is 0 Å². The molecule has 0 aliphatic rings. The van der Waals surface area contributed by atoms with E-state index in [4.69, 9.17) is 25.4 Å². The van der Waals surface area contributed by atoms with Gasteiger partial charge < -0.3 is 4.52 Å². The molecule has 0 fully saturated rings. The van der Waals surface area contributed by atoms with E-state index in [0.717, 1.165) is 5.69 Å². The Morgan fingerprint density at radius 1 is 1.15 bits per heavy atom. The molecule has 1 aromatic rings. The van der Waals surface area contributed by atoms with E-state index in [2.05, 4.69) is 30.7 Å². The summed E-state index contributed by atoms with van der Waals surface area (Å²) in [5.41, 5.74) is 0.806. The van der Waals surface area contributed by atoms with Gasteiger partial charge in [-0.25, -0.2) is 4.98 Å². The Morgan fingerprint density at radius 2 is 1.70 bits per heavy atom. The van der Waals surface area contributed by atoms with Crippen molar-refractivity contribution in [3.8, 4) is 5.88 Å². The highest BCUT2D eigenvalue weighted by Gasteiger charge is 2.24. The number of hydrogen-bond donors (Lipinski definition) is 0. The lowest BCUT2D eigenvalue weighted by atomic mass is 9.92. The third-order valence-electron chi connectivity index (χ3n) is 2.36. The molecule has 1 aromatic heterocycles. The summed E-state index contributed by atoms with van der Waals surface area (Å²) in [5, 5.41) is 0. The Balaban J connectivity index is 3.07. The van der Waals surface area contributed by atoms with Gasteiger partial charge in [0.05, 0.1) is 18.9 Å². The molecular formula is C13H23N2O3PS. The fourth-order valence-corrected chi connectivity index (χ4v) is 3.49. The van der Waals surface area contributed by atoms with E-state index >= 15 is 0 Å². The maximum Gasteiger partial charge on any atom is 0.381 e. The molecule has 20 heavy (non-hydrogen) atoms. The first-order valence-electron chi connectivity index (χ1n) is 6.65. The fourth-order valence-electron chi connectivity index (χ4n) is 1.49. The molecule has 0 aromatic carbocycles. The van der Waals surface area contributed by atoms with Crippen LogP contribution >= 0.6 is 6.72 Å². The summed E-state index contributed by atoms with van der Waals surface area (Å²) in [5.74, 6) is 1.05. The van der Waals surface area contributed by atoms with Crippen molar-refractivity contribution in [1.29, 1.82) is 0 Å². The van der Waals surface area contributed by atoms with Crippen LogP contribution in [0, 0.1) is 6.92 Å². The maximum atomic E-state index is 5.73. The fraction of sp³-hybridized carbons (Fsp3) is 0.692. The van der Waals surface area contributed by atoms with E-state index in [1.54, 1.807) is 6.07 Å². The van der Waals surface area contributed by atoms with E-state index in [1.165, 1.54) is 0 Å². The second-order valence-corrected chi connectivity index (χ2v) is 8.20. The predicted molar refractivity (Wildman–Crippen MR) is 83.6 cm³/mol. The Bertz CT molecular complexity index is 493. The molecule has 0 N–H and O–H groups in total. The Morgan fingerprint density at radius 3 is 2.15 bits per heavy atom. The van der Waals surface area contributed by atoms with Crippen molar-refractivity contribution in [1.82, 2.24) is 9.97 Å². The number of nitrogens with zero attached hydrogens (tertiary/aromatic N) is 2. The molecule has 0 atom stereocenters. The molecule has 1 heterocycles. The van der Waals surface area contributed by atoms with Crippen LogP contribution in [0.4, 0.5) is 0 Å². The smallest absolute Gasteiger partial charge is 0.381 e. The summed E-state index contributed by atoms with van der Waals surface area (Å²) in [6.07, 6.45) is 0. The molecule has 0 amide bonds. The van der Waals surface area contributed by atoms with Gasteiger partial charge in [-0.1, -0.05) is 20.8 Å². The monoisotopic (exact) mass is 318 g/mol. The van der Waals surface area contributed by atoms with E-state index in [-0.39, 0.29) is 5.41 Å². The molecule has 0 saturated heterocycles. The molecule has 0 aliphatic heterocycles. The molecule has 0 spiro atoms. The number of aromatic nitrogens is 2. The summed E-state index contributed by atoms with van der Waals surface area (Å²) in [7, 11) is 0. The predicted octanol–water partition coefficient (Wildman–Crippen LogP) is 3.76. The van der Waals surface area contributed by atoms with Crippen molar-refractivity contribution < 1.29 is 13.6 Å². The highest BCUT2D eigenvalue weighted by molar-refractivity contribution is 8.07. The lowest BCUT2D eigenvalue weighted by molar-refractivity contribution is 0.215. The second-order valence-electron chi connectivity index (χ2n) is 5.26. The quantitative estimate of drug-likeness (QED) is 0.744. The van der Waals surface area contributed by atoms with E-state index in [0.29, 0.717) is 24.9 Å². The molecule has 7 heteroatoms. The highest BCUT2D eigenvalue weighted by Crippen LogP contribution is 2.49. The van der Waals surface area contributed by atoms with Crippen molar-refractivity contribution >= 4 is 18.5 Å². The third kappa shape index (κ3) is 5.09. The molecule has 0 aliphatic carbocycles. The Labute approximate surface area is 126 Å². The van der Waals surface area contributed by atoms with Crippen molar-refractivity contribution in [2.24, 2.45) is 0 Å². The molecule has 0 bridgehead atoms. The molecule has 114 valence electrons. The van der Waals surface area contributed by atoms with Gasteiger partial charge in [0.15, 0.2) is 0 Å². The van der Waals surface area contributed by atoms with Gasteiger partial charge in [0.1, 0.15) is 5.82 Å². The van der Waals surface area contributed by atoms with Crippen LogP contribution in [0.5, 0.6) is 5.88 Å². The van der Waals surface area contributed by atoms with Crippen LogP contribution in [0.2, 0.25) is 0 Å². The topological polar surface area (TPSA) is 53.5 Å². The zero-order chi connectivity index (χ0) is 15.4. The van der Waals surface area contributed by atoms with Gasteiger partial charge in [-0.3, -0.25) is 9.05 Å². The lowest BCUT2D eigenvalue weighted by Gasteiger charge is -2.22. The van der Waals surface area contributed by atoms with Gasteiger partial charge in [0.25, 0.3) is 0 Å². The summed E-state index contributed by atoms with van der Waals surface area (Å²) < 4.78 is 16.7. The zero-order valence-corrected chi connectivity index (χ0v) is 14.7. The van der Waals surface area contributed by atoms with Crippen LogP contribution in [-0.2, 0) is 26.3 Å². The third-order valence-corrected chi connectivity index (χ3v) is 4.78. The molecular weight excluding hydrogens is 295 g/mol. The van der Waals surface area contributed by atoms with Crippen LogP contribution in [-0.4, -0.2) is 23.2 Å². The van der Waals surface area contributed by atoms with E-state index in [9.17, 15) is 0 Å². The largest absolute Gasteiger partial charge is 0.406 e. The van der Waals surface area contributed by atoms with Crippen LogP contribution in [0.3, 0.4) is 0 Å². The van der Waals surface area contributed by atoms with Gasteiger partial charge in [-0.2, -0.15) is 4.98 Å². The first-order chi connectivity index (χ1) is 9.20. The van der Waals surface area contributed by atoms with Gasteiger partial charge in [-0.05, 0) is 20.8 Å². The molecule has 0 saturated carbocycles. The number of rotatable bonds is 6. The first kappa shape index (κ1) is 17.5. The molecule has 0 unspecified atom stereocenters. The molecule has 1 rings (SSSR count). The molecule has 0 radical (unpaired) electrons. The van der Waals surface area contributed by atoms with Gasteiger partial charge in [0, 0.05) is 23.3 Å². The van der Waals surface area contributed by atoms with Gasteiger partial charge in [0.2, 0.25) is 5.88 Å². The second kappa shape index (κ2) is 6.94. The zero-order valence-electron chi connectivity index (χ0n) is 13.0. The molecule has 5 nitrogen and oxygen atoms in total. The minimum atomic E-state index is -2.79. The van der Waals surface area contributed by atoms with Crippen LogP contribution < -0.4 is 4.52 Å². The lowest BCUT2D eigenvalue weighted by Crippen LogP contribution is -2.15. The average molecular weight is 318 g/mol. The SMILES string of the molecule is CCOP(=S)(OCC)Oc1cc(C(C)(C)C)nc(C)n1. The normalized spacial score (nSPS) is 12.5. The minimum absolute atomic E-state index is 0.0917. The maximum absolute atomic E-state index is 5.73. The standard InChI is InChI=1S/C13H23N2O3PS/c1-7-16-19(20,17-8-2)18-12-9-11(13(4,5)6)14-10(3)15-12/h9H,7-8H2,1-6H3. The van der Waals surface area contributed by atoms with Gasteiger partial charge >= 0.3 is 6.72 Å². The highest BCUT2D eigenvalue weighted by atomic mass is 32.5. The van der Waals surface area contributed by atoms with Gasteiger partial charge in [-0.15, -0.1) is 0 Å². The summed E-state index contributed by atoms with van der Waals surface area (Å²) in [4.78, 5) is 8.70. The van der Waals surface area contributed by atoms with Crippen molar-refractivity contribution in [3.05, 3.63) is 17.6 Å². The average Bonchev–Trinajstić information content (AvgIpc) is 2.26. The summed E-state index contributed by atoms with van der Waals surface area (Å²) in [6.45, 7) is 9.87. The van der Waals surface area contributed by atoms with Crippen molar-refractivity contribution in [2.75, 3.05) is 13.2 Å². The van der Waals surface area contributed by atoms with Crippen molar-refractivity contribution in [2.45, 2.75) is 47.0 Å². The van der Waals surface area contributed by atoms with Crippen molar-refractivity contribution in [3.63, 3.8) is 0 Å². The summed E-state index contributed by atoms with van der Waals surface area (Å²) in [6, 6.07) is 1.80. The first-order valence-corrected chi connectivity index (χ1v) is 9.20. The van der Waals surface area contributed by atoms with Crippen LogP contribution in [0.1, 0.15) is 46.1 Å².